The number of carbonyl (C=O) groups excluding carboxylic acids is 1. The van der Waals surface area contributed by atoms with E-state index in [0.717, 1.165) is 24.5 Å². The molecular formula is C16H21N5O. The van der Waals surface area contributed by atoms with E-state index in [0.29, 0.717) is 12.2 Å². The third-order valence-electron chi connectivity index (χ3n) is 3.27. The number of amides is 2. The van der Waals surface area contributed by atoms with Crippen molar-refractivity contribution in [2.75, 3.05) is 23.3 Å². The lowest BCUT2D eigenvalue weighted by atomic mass is 10.3. The van der Waals surface area contributed by atoms with Gasteiger partial charge in [0.25, 0.3) is 0 Å². The van der Waals surface area contributed by atoms with Crippen molar-refractivity contribution in [3.05, 3.63) is 48.4 Å². The molecule has 2 aromatic heterocycles. The van der Waals surface area contributed by atoms with Crippen LogP contribution in [-0.4, -0.2) is 29.1 Å². The largest absolute Gasteiger partial charge is 0.357 e. The smallest absolute Gasteiger partial charge is 0.319 e. The fraction of sp³-hybridized carbons (Fsp3) is 0.312. The zero-order valence-corrected chi connectivity index (χ0v) is 12.9. The average Bonchev–Trinajstić information content (AvgIpc) is 2.56. The Labute approximate surface area is 130 Å². The summed E-state index contributed by atoms with van der Waals surface area (Å²) < 4.78 is 0. The maximum absolute atomic E-state index is 11.8. The quantitative estimate of drug-likeness (QED) is 0.860. The van der Waals surface area contributed by atoms with Crippen LogP contribution in [0.4, 0.5) is 16.3 Å². The second kappa shape index (κ2) is 7.97. The number of urea groups is 1. The van der Waals surface area contributed by atoms with Gasteiger partial charge >= 0.3 is 6.03 Å². The molecule has 0 spiro atoms. The Balaban J connectivity index is 1.86. The zero-order valence-electron chi connectivity index (χ0n) is 12.9. The molecule has 2 rings (SSSR count). The molecule has 0 fully saturated rings. The standard InChI is InChI=1S/C16H21N5O/c1-3-21(4-2)15-8-7-14(12-18-15)20-16(22)19-11-13-6-5-9-17-10-13/h5-10,12H,3-4,11H2,1-2H3,(H2,19,20,22). The van der Waals surface area contributed by atoms with Crippen LogP contribution in [0.2, 0.25) is 0 Å². The maximum Gasteiger partial charge on any atom is 0.319 e. The molecule has 6 heteroatoms. The molecule has 116 valence electrons. The van der Waals surface area contributed by atoms with Gasteiger partial charge in [0.2, 0.25) is 0 Å². The van der Waals surface area contributed by atoms with Crippen LogP contribution in [0.3, 0.4) is 0 Å². The lowest BCUT2D eigenvalue weighted by molar-refractivity contribution is 0.251. The number of pyridine rings is 2. The second-order valence-electron chi connectivity index (χ2n) is 4.75. The van der Waals surface area contributed by atoms with Gasteiger partial charge in [0, 0.05) is 32.0 Å². The Kier molecular flexibility index (Phi) is 5.71. The predicted octanol–water partition coefficient (Wildman–Crippen LogP) is 2.64. The molecular weight excluding hydrogens is 278 g/mol. The molecule has 2 N–H and O–H groups in total. The summed E-state index contributed by atoms with van der Waals surface area (Å²) in [6, 6.07) is 7.24. The van der Waals surface area contributed by atoms with E-state index >= 15 is 0 Å². The summed E-state index contributed by atoms with van der Waals surface area (Å²) in [5.74, 6) is 0.909. The molecule has 0 unspecified atom stereocenters. The van der Waals surface area contributed by atoms with Gasteiger partial charge in [-0.2, -0.15) is 0 Å². The molecule has 2 amide bonds. The van der Waals surface area contributed by atoms with Gasteiger partial charge < -0.3 is 15.5 Å². The van der Waals surface area contributed by atoms with Crippen molar-refractivity contribution in [3.8, 4) is 0 Å². The van der Waals surface area contributed by atoms with Gasteiger partial charge in [0.15, 0.2) is 0 Å². The number of nitrogens with zero attached hydrogens (tertiary/aromatic N) is 3. The van der Waals surface area contributed by atoms with Crippen molar-refractivity contribution in [1.82, 2.24) is 15.3 Å². The lowest BCUT2D eigenvalue weighted by Gasteiger charge is -2.19. The number of anilines is 2. The summed E-state index contributed by atoms with van der Waals surface area (Å²) in [5.41, 5.74) is 1.62. The molecule has 6 nitrogen and oxygen atoms in total. The van der Waals surface area contributed by atoms with E-state index in [2.05, 4.69) is 39.3 Å². The van der Waals surface area contributed by atoms with Crippen LogP contribution in [-0.2, 0) is 6.54 Å². The van der Waals surface area contributed by atoms with Crippen LogP contribution in [0.15, 0.2) is 42.9 Å². The van der Waals surface area contributed by atoms with Gasteiger partial charge in [-0.1, -0.05) is 6.07 Å². The van der Waals surface area contributed by atoms with Crippen molar-refractivity contribution >= 4 is 17.5 Å². The second-order valence-corrected chi connectivity index (χ2v) is 4.75. The maximum atomic E-state index is 11.8. The van der Waals surface area contributed by atoms with Crippen molar-refractivity contribution in [3.63, 3.8) is 0 Å². The first-order valence-corrected chi connectivity index (χ1v) is 7.37. The SMILES string of the molecule is CCN(CC)c1ccc(NC(=O)NCc2cccnc2)cn1. The van der Waals surface area contributed by atoms with Crippen molar-refractivity contribution in [2.45, 2.75) is 20.4 Å². The Bertz CT molecular complexity index is 581. The van der Waals surface area contributed by atoms with E-state index in [1.165, 1.54) is 0 Å². The zero-order chi connectivity index (χ0) is 15.8. The van der Waals surface area contributed by atoms with Gasteiger partial charge in [-0.3, -0.25) is 4.98 Å². The predicted molar refractivity (Wildman–Crippen MR) is 87.9 cm³/mol. The van der Waals surface area contributed by atoms with Crippen LogP contribution in [0, 0.1) is 0 Å². The molecule has 0 saturated carbocycles. The fourth-order valence-electron chi connectivity index (χ4n) is 2.05. The molecule has 0 aromatic carbocycles. The van der Waals surface area contributed by atoms with E-state index in [9.17, 15) is 4.79 Å². The van der Waals surface area contributed by atoms with Crippen LogP contribution in [0.1, 0.15) is 19.4 Å². The van der Waals surface area contributed by atoms with Gasteiger partial charge in [0.1, 0.15) is 5.82 Å². The first kappa shape index (κ1) is 15.8. The van der Waals surface area contributed by atoms with Crippen molar-refractivity contribution in [2.24, 2.45) is 0 Å². The van der Waals surface area contributed by atoms with Gasteiger partial charge in [-0.05, 0) is 37.6 Å². The minimum atomic E-state index is -0.263. The summed E-state index contributed by atoms with van der Waals surface area (Å²) in [5, 5.41) is 5.54. The number of hydrogen-bond donors (Lipinski definition) is 2. The van der Waals surface area contributed by atoms with Crippen LogP contribution >= 0.6 is 0 Å². The number of aromatic nitrogens is 2. The molecule has 0 saturated heterocycles. The van der Waals surface area contributed by atoms with Crippen molar-refractivity contribution < 1.29 is 4.79 Å². The molecule has 22 heavy (non-hydrogen) atoms. The van der Waals surface area contributed by atoms with Gasteiger partial charge in [-0.15, -0.1) is 0 Å². The minimum absolute atomic E-state index is 0.263. The van der Waals surface area contributed by atoms with Crippen LogP contribution in [0.5, 0.6) is 0 Å². The Hall–Kier alpha value is -2.63. The molecule has 2 heterocycles. The molecule has 0 atom stereocenters. The summed E-state index contributed by atoms with van der Waals surface area (Å²) in [4.78, 5) is 22.3. The van der Waals surface area contributed by atoms with Crippen LogP contribution in [0.25, 0.3) is 0 Å². The van der Waals surface area contributed by atoms with E-state index in [1.54, 1.807) is 18.6 Å². The summed E-state index contributed by atoms with van der Waals surface area (Å²) in [6.45, 7) is 6.42. The van der Waals surface area contributed by atoms with Crippen molar-refractivity contribution in [1.29, 1.82) is 0 Å². The first-order chi connectivity index (χ1) is 10.7. The fourth-order valence-corrected chi connectivity index (χ4v) is 2.05. The highest BCUT2D eigenvalue weighted by molar-refractivity contribution is 5.89. The molecule has 0 aliphatic rings. The Morgan fingerprint density at radius 2 is 2.00 bits per heavy atom. The third kappa shape index (κ3) is 4.44. The molecule has 0 bridgehead atoms. The van der Waals surface area contributed by atoms with Gasteiger partial charge in [-0.25, -0.2) is 9.78 Å². The number of carbonyl (C=O) groups is 1. The third-order valence-corrected chi connectivity index (χ3v) is 3.27. The van der Waals surface area contributed by atoms with Crippen LogP contribution < -0.4 is 15.5 Å². The number of nitrogens with one attached hydrogen (secondary N) is 2. The first-order valence-electron chi connectivity index (χ1n) is 7.37. The highest BCUT2D eigenvalue weighted by Gasteiger charge is 2.05. The average molecular weight is 299 g/mol. The highest BCUT2D eigenvalue weighted by Crippen LogP contribution is 2.13. The topological polar surface area (TPSA) is 70.2 Å². The summed E-state index contributed by atoms with van der Waals surface area (Å²) >= 11 is 0. The van der Waals surface area contributed by atoms with E-state index in [1.807, 2.05) is 24.3 Å². The van der Waals surface area contributed by atoms with E-state index in [4.69, 9.17) is 0 Å². The Morgan fingerprint density at radius 1 is 1.18 bits per heavy atom. The van der Waals surface area contributed by atoms with E-state index in [-0.39, 0.29) is 6.03 Å². The van der Waals surface area contributed by atoms with Gasteiger partial charge in [0.05, 0.1) is 11.9 Å². The Morgan fingerprint density at radius 3 is 2.59 bits per heavy atom. The highest BCUT2D eigenvalue weighted by atomic mass is 16.2. The molecule has 2 aromatic rings. The molecule has 0 radical (unpaired) electrons. The summed E-state index contributed by atoms with van der Waals surface area (Å²) in [6.07, 6.45) is 5.09. The van der Waals surface area contributed by atoms with E-state index < -0.39 is 0 Å². The monoisotopic (exact) mass is 299 g/mol. The number of hydrogen-bond acceptors (Lipinski definition) is 4. The molecule has 0 aliphatic heterocycles. The minimum Gasteiger partial charge on any atom is -0.357 e. The summed E-state index contributed by atoms with van der Waals surface area (Å²) in [7, 11) is 0. The normalized spacial score (nSPS) is 10.1. The lowest BCUT2D eigenvalue weighted by Crippen LogP contribution is -2.28. The molecule has 0 aliphatic carbocycles. The number of rotatable bonds is 6.